The minimum Gasteiger partial charge on any atom is -0.481 e. The number of ether oxygens (including phenoxy) is 1. The van der Waals surface area contributed by atoms with Gasteiger partial charge in [0, 0.05) is 24.3 Å². The van der Waals surface area contributed by atoms with E-state index in [0.29, 0.717) is 30.1 Å². The monoisotopic (exact) mass is 435 g/mol. The van der Waals surface area contributed by atoms with Gasteiger partial charge in [0.05, 0.1) is 12.5 Å². The summed E-state index contributed by atoms with van der Waals surface area (Å²) in [6.07, 6.45) is 0.122. The van der Waals surface area contributed by atoms with Crippen LogP contribution >= 0.6 is 0 Å². The predicted molar refractivity (Wildman–Crippen MR) is 121 cm³/mol. The van der Waals surface area contributed by atoms with Gasteiger partial charge in [0.1, 0.15) is 11.4 Å². The zero-order valence-electron chi connectivity index (χ0n) is 18.0. The summed E-state index contributed by atoms with van der Waals surface area (Å²) in [6.45, 7) is 5.07. The predicted octanol–water partition coefficient (Wildman–Crippen LogP) is 4.80. The van der Waals surface area contributed by atoms with E-state index >= 15 is 0 Å². The first-order valence-corrected chi connectivity index (χ1v) is 10.5. The SMILES string of the molecule is CCOC(=O)Nc1c(C)noc1-c1ccc(-c2ccc(N3CCC(C(=O)O)C3)cc2)cc1. The Kier molecular flexibility index (Phi) is 6.11. The number of hydrogen-bond acceptors (Lipinski definition) is 6. The topological polar surface area (TPSA) is 105 Å². The summed E-state index contributed by atoms with van der Waals surface area (Å²) in [4.78, 5) is 25.1. The third-order valence-electron chi connectivity index (χ3n) is 5.62. The van der Waals surface area contributed by atoms with E-state index < -0.39 is 12.1 Å². The molecule has 8 nitrogen and oxygen atoms in total. The van der Waals surface area contributed by atoms with Gasteiger partial charge in [-0.1, -0.05) is 41.6 Å². The maximum atomic E-state index is 11.8. The van der Waals surface area contributed by atoms with Gasteiger partial charge in [0.25, 0.3) is 0 Å². The molecular weight excluding hydrogens is 410 g/mol. The number of anilines is 2. The van der Waals surface area contributed by atoms with Gasteiger partial charge in [0.15, 0.2) is 5.76 Å². The molecule has 1 atom stereocenters. The van der Waals surface area contributed by atoms with Gasteiger partial charge >= 0.3 is 12.1 Å². The largest absolute Gasteiger partial charge is 0.481 e. The van der Waals surface area contributed by atoms with Crippen LogP contribution in [0.4, 0.5) is 16.2 Å². The maximum absolute atomic E-state index is 11.8. The van der Waals surface area contributed by atoms with E-state index in [1.54, 1.807) is 13.8 Å². The van der Waals surface area contributed by atoms with Gasteiger partial charge in [0.2, 0.25) is 0 Å². The Hall–Kier alpha value is -3.81. The molecule has 2 heterocycles. The van der Waals surface area contributed by atoms with Crippen molar-refractivity contribution in [3.05, 3.63) is 54.2 Å². The van der Waals surface area contributed by atoms with Crippen LogP contribution < -0.4 is 10.2 Å². The normalized spacial score (nSPS) is 15.6. The number of aliphatic carboxylic acids is 1. The molecule has 1 aliphatic heterocycles. The van der Waals surface area contributed by atoms with E-state index in [-0.39, 0.29) is 12.5 Å². The number of carbonyl (C=O) groups excluding carboxylic acids is 1. The molecule has 1 aromatic heterocycles. The quantitative estimate of drug-likeness (QED) is 0.573. The fraction of sp³-hybridized carbons (Fsp3) is 0.292. The minimum atomic E-state index is -0.730. The first kappa shape index (κ1) is 21.4. The molecule has 1 saturated heterocycles. The Morgan fingerprint density at radius 3 is 2.34 bits per heavy atom. The van der Waals surface area contributed by atoms with E-state index in [2.05, 4.69) is 15.4 Å². The molecule has 32 heavy (non-hydrogen) atoms. The zero-order valence-corrected chi connectivity index (χ0v) is 18.0. The second-order valence-electron chi connectivity index (χ2n) is 7.71. The van der Waals surface area contributed by atoms with Crippen LogP contribution in [0.5, 0.6) is 0 Å². The molecule has 1 fully saturated rings. The summed E-state index contributed by atoms with van der Waals surface area (Å²) in [7, 11) is 0. The van der Waals surface area contributed by atoms with Crippen molar-refractivity contribution in [3.8, 4) is 22.5 Å². The summed E-state index contributed by atoms with van der Waals surface area (Å²) < 4.78 is 10.4. The fourth-order valence-corrected chi connectivity index (χ4v) is 3.86. The molecule has 0 spiro atoms. The number of aryl methyl sites for hydroxylation is 1. The molecule has 1 amide bonds. The molecule has 0 bridgehead atoms. The summed E-state index contributed by atoms with van der Waals surface area (Å²) in [5.74, 6) is -0.559. The molecule has 0 radical (unpaired) electrons. The number of nitrogens with zero attached hydrogens (tertiary/aromatic N) is 2. The van der Waals surface area contributed by atoms with Crippen molar-refractivity contribution in [2.24, 2.45) is 5.92 Å². The van der Waals surface area contributed by atoms with Crippen LogP contribution in [0.1, 0.15) is 19.0 Å². The van der Waals surface area contributed by atoms with Gasteiger partial charge in [-0.25, -0.2) is 4.79 Å². The van der Waals surface area contributed by atoms with Crippen molar-refractivity contribution in [1.82, 2.24) is 5.16 Å². The first-order chi connectivity index (χ1) is 15.5. The summed E-state index contributed by atoms with van der Waals surface area (Å²) in [5.41, 5.74) is 4.95. The van der Waals surface area contributed by atoms with E-state index in [9.17, 15) is 14.7 Å². The van der Waals surface area contributed by atoms with Crippen LogP contribution in [0, 0.1) is 12.8 Å². The summed E-state index contributed by atoms with van der Waals surface area (Å²) in [5, 5.41) is 15.8. The molecule has 1 unspecified atom stereocenters. The molecule has 4 rings (SSSR count). The highest BCUT2D eigenvalue weighted by Gasteiger charge is 2.28. The van der Waals surface area contributed by atoms with Gasteiger partial charge < -0.3 is 19.3 Å². The number of nitrogens with one attached hydrogen (secondary N) is 1. The lowest BCUT2D eigenvalue weighted by atomic mass is 10.0. The average Bonchev–Trinajstić information content (AvgIpc) is 3.42. The zero-order chi connectivity index (χ0) is 22.7. The van der Waals surface area contributed by atoms with Gasteiger partial charge in [-0.05, 0) is 43.5 Å². The molecule has 8 heteroatoms. The third-order valence-corrected chi connectivity index (χ3v) is 5.62. The Bertz CT molecular complexity index is 1110. The maximum Gasteiger partial charge on any atom is 0.411 e. The molecule has 0 saturated carbocycles. The van der Waals surface area contributed by atoms with Crippen LogP contribution in [-0.2, 0) is 9.53 Å². The molecule has 166 valence electrons. The highest BCUT2D eigenvalue weighted by molar-refractivity contribution is 5.90. The highest BCUT2D eigenvalue weighted by atomic mass is 16.5. The van der Waals surface area contributed by atoms with Gasteiger partial charge in [-0.3, -0.25) is 10.1 Å². The van der Waals surface area contributed by atoms with Crippen LogP contribution in [0.25, 0.3) is 22.5 Å². The van der Waals surface area contributed by atoms with Crippen molar-refractivity contribution >= 4 is 23.4 Å². The van der Waals surface area contributed by atoms with E-state index in [0.717, 1.165) is 28.9 Å². The number of carbonyl (C=O) groups is 2. The standard InChI is InChI=1S/C24H25N3O5/c1-3-31-24(30)25-21-15(2)26-32-22(21)18-6-4-16(5-7-18)17-8-10-20(11-9-17)27-13-12-19(14-27)23(28)29/h4-11,19H,3,12-14H2,1-2H3,(H,25,30)(H,28,29). The average molecular weight is 435 g/mol. The lowest BCUT2D eigenvalue weighted by molar-refractivity contribution is -0.140. The van der Waals surface area contributed by atoms with Crippen LogP contribution in [0.3, 0.4) is 0 Å². The Balaban J connectivity index is 1.49. The Labute approximate surface area is 185 Å². The van der Waals surface area contributed by atoms with Gasteiger partial charge in [-0.2, -0.15) is 0 Å². The summed E-state index contributed by atoms with van der Waals surface area (Å²) in [6, 6.07) is 15.9. The van der Waals surface area contributed by atoms with E-state index in [1.165, 1.54) is 0 Å². The van der Waals surface area contributed by atoms with Crippen LogP contribution in [-0.4, -0.2) is 42.0 Å². The Morgan fingerprint density at radius 2 is 1.75 bits per heavy atom. The summed E-state index contributed by atoms with van der Waals surface area (Å²) >= 11 is 0. The molecule has 2 aromatic carbocycles. The number of hydrogen-bond donors (Lipinski definition) is 2. The number of benzene rings is 2. The number of aromatic nitrogens is 1. The van der Waals surface area contributed by atoms with E-state index in [4.69, 9.17) is 9.26 Å². The number of amides is 1. The van der Waals surface area contributed by atoms with Crippen LogP contribution in [0.15, 0.2) is 53.1 Å². The van der Waals surface area contributed by atoms with Crippen molar-refractivity contribution in [1.29, 1.82) is 0 Å². The highest BCUT2D eigenvalue weighted by Crippen LogP contribution is 2.33. The lowest BCUT2D eigenvalue weighted by Gasteiger charge is -2.18. The lowest BCUT2D eigenvalue weighted by Crippen LogP contribution is -2.22. The number of carboxylic acid groups (broad SMARTS) is 1. The van der Waals surface area contributed by atoms with Crippen molar-refractivity contribution in [3.63, 3.8) is 0 Å². The molecular formula is C24H25N3O5. The van der Waals surface area contributed by atoms with Crippen LogP contribution in [0.2, 0.25) is 0 Å². The minimum absolute atomic E-state index is 0.275. The third kappa shape index (κ3) is 4.44. The molecule has 2 N–H and O–H groups in total. The smallest absolute Gasteiger partial charge is 0.411 e. The second-order valence-corrected chi connectivity index (χ2v) is 7.71. The molecule has 1 aliphatic rings. The van der Waals surface area contributed by atoms with Gasteiger partial charge in [-0.15, -0.1) is 0 Å². The van der Waals surface area contributed by atoms with Crippen molar-refractivity contribution in [2.75, 3.05) is 29.9 Å². The fourth-order valence-electron chi connectivity index (χ4n) is 3.86. The van der Waals surface area contributed by atoms with Crippen molar-refractivity contribution < 1.29 is 24.0 Å². The van der Waals surface area contributed by atoms with E-state index in [1.807, 2.05) is 48.5 Å². The number of carboxylic acids is 1. The Morgan fingerprint density at radius 1 is 1.12 bits per heavy atom. The first-order valence-electron chi connectivity index (χ1n) is 10.5. The molecule has 0 aliphatic carbocycles. The second kappa shape index (κ2) is 9.13. The molecule has 3 aromatic rings. The number of rotatable bonds is 6. The van der Waals surface area contributed by atoms with Crippen molar-refractivity contribution in [2.45, 2.75) is 20.3 Å².